The van der Waals surface area contributed by atoms with Gasteiger partial charge in [-0.2, -0.15) is 13.2 Å². The molecule has 0 bridgehead atoms. The van der Waals surface area contributed by atoms with E-state index in [9.17, 15) is 18.0 Å². The predicted molar refractivity (Wildman–Crippen MR) is 113 cm³/mol. The van der Waals surface area contributed by atoms with Gasteiger partial charge >= 0.3 is 6.18 Å². The van der Waals surface area contributed by atoms with Gasteiger partial charge in [-0.25, -0.2) is 4.98 Å². The summed E-state index contributed by atoms with van der Waals surface area (Å²) in [7, 11) is 0. The van der Waals surface area contributed by atoms with Crippen molar-refractivity contribution in [1.82, 2.24) is 14.9 Å². The van der Waals surface area contributed by atoms with E-state index in [1.54, 1.807) is 17.0 Å². The van der Waals surface area contributed by atoms with Crippen molar-refractivity contribution in [3.05, 3.63) is 63.4 Å². The summed E-state index contributed by atoms with van der Waals surface area (Å²) < 4.78 is 49.7. The van der Waals surface area contributed by atoms with Crippen LogP contribution in [0.5, 0.6) is 0 Å². The number of nitrogens with two attached hydrogens (primary N) is 1. The molecule has 0 unspecified atom stereocenters. The van der Waals surface area contributed by atoms with Crippen molar-refractivity contribution in [2.24, 2.45) is 0 Å². The molecule has 0 radical (unpaired) electrons. The van der Waals surface area contributed by atoms with Gasteiger partial charge in [0, 0.05) is 23.7 Å². The van der Waals surface area contributed by atoms with E-state index in [0.29, 0.717) is 36.7 Å². The maximum Gasteiger partial charge on any atom is 0.433 e. The van der Waals surface area contributed by atoms with Crippen LogP contribution in [0, 0.1) is 0 Å². The van der Waals surface area contributed by atoms with Crippen molar-refractivity contribution in [3.8, 4) is 0 Å². The van der Waals surface area contributed by atoms with Crippen LogP contribution in [0.3, 0.4) is 0 Å². The van der Waals surface area contributed by atoms with Gasteiger partial charge in [0.25, 0.3) is 5.91 Å². The lowest BCUT2D eigenvalue weighted by molar-refractivity contribution is -0.141. The number of pyridine rings is 2. The molecule has 1 fully saturated rings. The fourth-order valence-electron chi connectivity index (χ4n) is 4.20. The van der Waals surface area contributed by atoms with Crippen LogP contribution in [0.4, 0.5) is 19.0 Å². The van der Waals surface area contributed by atoms with Crippen LogP contribution in [-0.4, -0.2) is 40.5 Å². The van der Waals surface area contributed by atoms with Crippen LogP contribution in [0.1, 0.15) is 38.8 Å². The second-order valence-electron chi connectivity index (χ2n) is 7.86. The molecule has 1 amide bonds. The number of alkyl halides is 3. The maximum atomic E-state index is 13.6. The first-order valence-electron chi connectivity index (χ1n) is 10.1. The summed E-state index contributed by atoms with van der Waals surface area (Å²) in [5.74, 6) is 0.00720. The van der Waals surface area contributed by atoms with Gasteiger partial charge in [0.15, 0.2) is 0 Å². The number of halogens is 4. The third-order valence-electron chi connectivity index (χ3n) is 5.90. The number of morpholine rings is 1. The quantitative estimate of drug-likeness (QED) is 0.595. The first-order valence-corrected chi connectivity index (χ1v) is 10.5. The number of carbonyl (C=O) groups is 1. The van der Waals surface area contributed by atoms with Gasteiger partial charge in [0.2, 0.25) is 0 Å². The zero-order valence-electron chi connectivity index (χ0n) is 17.2. The first-order chi connectivity index (χ1) is 15.7. The van der Waals surface area contributed by atoms with Crippen LogP contribution in [0.2, 0.25) is 5.02 Å². The number of amides is 1. The number of hydrogen-bond donors (Lipinski definition) is 1. The van der Waals surface area contributed by atoms with Gasteiger partial charge in [-0.1, -0.05) is 17.7 Å². The normalized spacial score (nSPS) is 18.5. The number of rotatable bonds is 2. The molecule has 33 heavy (non-hydrogen) atoms. The van der Waals surface area contributed by atoms with Crippen LogP contribution in [0.15, 0.2) is 30.5 Å². The minimum Gasteiger partial charge on any atom is -0.383 e. The molecule has 2 N–H and O–H groups in total. The average Bonchev–Trinajstić information content (AvgIpc) is 3.29. The lowest BCUT2D eigenvalue weighted by Crippen LogP contribution is -2.43. The molecule has 3 aromatic rings. The van der Waals surface area contributed by atoms with Crippen LogP contribution in [-0.2, 0) is 28.9 Å². The minimum atomic E-state index is -4.54. The Morgan fingerprint density at radius 3 is 2.70 bits per heavy atom. The Hall–Kier alpha value is -2.95. The van der Waals surface area contributed by atoms with Gasteiger partial charge in [-0.05, 0) is 29.3 Å². The first kappa shape index (κ1) is 21.9. The smallest absolute Gasteiger partial charge is 0.383 e. The number of aromatic nitrogens is 2. The zero-order chi connectivity index (χ0) is 23.3. The van der Waals surface area contributed by atoms with E-state index in [-0.39, 0.29) is 29.6 Å². The topological polar surface area (TPSA) is 90.6 Å². The second-order valence-corrected chi connectivity index (χ2v) is 8.27. The Kier molecular flexibility index (Phi) is 5.38. The molecule has 7 nitrogen and oxygen atoms in total. The molecule has 2 aliphatic rings. The molecule has 0 aliphatic carbocycles. The minimum absolute atomic E-state index is 0.130. The fourth-order valence-corrected chi connectivity index (χ4v) is 4.44. The van der Waals surface area contributed by atoms with Crippen LogP contribution < -0.4 is 5.73 Å². The van der Waals surface area contributed by atoms with E-state index in [4.69, 9.17) is 26.8 Å². The van der Waals surface area contributed by atoms with Gasteiger partial charge in [-0.15, -0.1) is 0 Å². The van der Waals surface area contributed by atoms with Gasteiger partial charge in [-0.3, -0.25) is 9.78 Å². The van der Waals surface area contributed by atoms with E-state index in [0.717, 1.165) is 28.8 Å². The van der Waals surface area contributed by atoms with Gasteiger partial charge in [0.05, 0.1) is 48.6 Å². The highest BCUT2D eigenvalue weighted by molar-refractivity contribution is 6.34. The van der Waals surface area contributed by atoms with Crippen molar-refractivity contribution >= 4 is 34.2 Å². The Morgan fingerprint density at radius 2 is 1.97 bits per heavy atom. The molecule has 4 heterocycles. The molecule has 5 rings (SSSR count). The molecule has 172 valence electrons. The van der Waals surface area contributed by atoms with Crippen molar-refractivity contribution in [2.75, 3.05) is 25.5 Å². The van der Waals surface area contributed by atoms with Crippen molar-refractivity contribution < 1.29 is 27.4 Å². The SMILES string of the molecule is Nc1nc2cc(Cl)c(C(=O)N3CCOC[C@@H]3c3ccc(C(F)(F)F)nc3)cc2c2c1COC2. The highest BCUT2D eigenvalue weighted by Crippen LogP contribution is 2.36. The Morgan fingerprint density at radius 1 is 1.18 bits per heavy atom. The molecule has 0 saturated carbocycles. The van der Waals surface area contributed by atoms with E-state index in [1.165, 1.54) is 6.07 Å². The van der Waals surface area contributed by atoms with Crippen molar-refractivity contribution in [2.45, 2.75) is 25.4 Å². The number of hydrogen-bond acceptors (Lipinski definition) is 6. The zero-order valence-corrected chi connectivity index (χ0v) is 17.9. The van der Waals surface area contributed by atoms with E-state index >= 15 is 0 Å². The van der Waals surface area contributed by atoms with Crippen molar-refractivity contribution in [3.63, 3.8) is 0 Å². The molecular weight excluding hydrogens is 461 g/mol. The third-order valence-corrected chi connectivity index (χ3v) is 6.21. The summed E-state index contributed by atoms with van der Waals surface area (Å²) in [5.41, 5.74) is 7.95. The third kappa shape index (κ3) is 3.88. The molecule has 2 aromatic heterocycles. The molecule has 1 atom stereocenters. The molecular formula is C22H18ClF3N4O3. The Bertz CT molecular complexity index is 1250. The summed E-state index contributed by atoms with van der Waals surface area (Å²) in [6.45, 7) is 1.38. The number of benzene rings is 1. The van der Waals surface area contributed by atoms with Gasteiger partial charge < -0.3 is 20.1 Å². The number of fused-ring (bicyclic) bond motifs is 3. The molecule has 1 aromatic carbocycles. The van der Waals surface area contributed by atoms with E-state index in [2.05, 4.69) is 9.97 Å². The summed E-state index contributed by atoms with van der Waals surface area (Å²) in [5, 5.41) is 0.930. The Labute approximate surface area is 191 Å². The maximum absolute atomic E-state index is 13.6. The number of nitrogen functional groups attached to an aromatic ring is 1. The number of ether oxygens (including phenoxy) is 2. The number of nitrogens with zero attached hydrogens (tertiary/aromatic N) is 3. The highest BCUT2D eigenvalue weighted by atomic mass is 35.5. The highest BCUT2D eigenvalue weighted by Gasteiger charge is 2.34. The largest absolute Gasteiger partial charge is 0.433 e. The molecule has 1 saturated heterocycles. The average molecular weight is 479 g/mol. The summed E-state index contributed by atoms with van der Waals surface area (Å²) in [6, 6.07) is 4.88. The number of carbonyl (C=O) groups excluding carboxylic acids is 1. The number of anilines is 1. The van der Waals surface area contributed by atoms with Gasteiger partial charge in [0.1, 0.15) is 11.5 Å². The second kappa shape index (κ2) is 8.12. The standard InChI is InChI=1S/C22H18ClF3N4O3/c23-16-6-17-12(14-8-33-9-15(14)20(27)29-17)5-13(16)21(31)30-3-4-32-10-18(30)11-1-2-19(28-7-11)22(24,25)26/h1-2,5-7,18H,3-4,8-10H2,(H2,27,29)/t18-/m1/s1. The Balaban J connectivity index is 1.52. The van der Waals surface area contributed by atoms with Crippen LogP contribution in [0.25, 0.3) is 10.9 Å². The van der Waals surface area contributed by atoms with E-state index < -0.39 is 17.9 Å². The summed E-state index contributed by atoms with van der Waals surface area (Å²) in [4.78, 5) is 23.0. The fraction of sp³-hybridized carbons (Fsp3) is 0.318. The van der Waals surface area contributed by atoms with Crippen molar-refractivity contribution in [1.29, 1.82) is 0 Å². The van der Waals surface area contributed by atoms with Crippen LogP contribution >= 0.6 is 11.6 Å². The molecule has 0 spiro atoms. The monoisotopic (exact) mass is 478 g/mol. The summed E-state index contributed by atoms with van der Waals surface area (Å²) >= 11 is 6.46. The molecule has 11 heteroatoms. The lowest BCUT2D eigenvalue weighted by atomic mass is 10.0. The lowest BCUT2D eigenvalue weighted by Gasteiger charge is -2.36. The summed E-state index contributed by atoms with van der Waals surface area (Å²) in [6.07, 6.45) is -3.42. The van der Waals surface area contributed by atoms with E-state index in [1.807, 2.05) is 0 Å². The molecule has 2 aliphatic heterocycles. The predicted octanol–water partition coefficient (Wildman–Crippen LogP) is 4.13.